The number of carbonyl (C=O) groups is 1. The molecule has 0 spiro atoms. The molecule has 0 aliphatic carbocycles. The van der Waals surface area contributed by atoms with E-state index in [1.54, 1.807) is 0 Å². The molecule has 14 heavy (non-hydrogen) atoms. The maximum absolute atomic E-state index is 11.1. The zero-order chi connectivity index (χ0) is 9.97. The van der Waals surface area contributed by atoms with E-state index in [2.05, 4.69) is 27.5 Å². The van der Waals surface area contributed by atoms with Crippen molar-refractivity contribution in [2.45, 2.75) is 19.8 Å². The molecule has 0 fully saturated rings. The lowest BCUT2D eigenvalue weighted by molar-refractivity contribution is -0.114. The summed E-state index contributed by atoms with van der Waals surface area (Å²) in [6, 6.07) is 0. The summed E-state index contributed by atoms with van der Waals surface area (Å²) in [5, 5.41) is 5.73. The summed E-state index contributed by atoms with van der Waals surface area (Å²) in [7, 11) is 0. The number of rotatable bonds is 2. The summed E-state index contributed by atoms with van der Waals surface area (Å²) in [5.74, 6) is 0.540. The number of fused-ring (bicyclic) bond motifs is 1. The molecule has 0 unspecified atom stereocenters. The topological polar surface area (TPSA) is 66.9 Å². The Kier molecular flexibility index (Phi) is 2.30. The quantitative estimate of drug-likeness (QED) is 0.727. The van der Waals surface area contributed by atoms with Gasteiger partial charge in [-0.05, 0) is 6.42 Å². The Morgan fingerprint density at radius 1 is 1.50 bits per heavy atom. The monoisotopic (exact) mass is 192 g/mol. The summed E-state index contributed by atoms with van der Waals surface area (Å²) >= 11 is 0. The van der Waals surface area contributed by atoms with Crippen LogP contribution in [0.5, 0.6) is 0 Å². The molecule has 0 saturated carbocycles. The molecule has 0 aromatic carbocycles. The molecule has 2 heterocycles. The van der Waals surface area contributed by atoms with Crippen molar-refractivity contribution < 1.29 is 4.79 Å². The predicted octanol–water partition coefficient (Wildman–Crippen LogP) is 0.793. The van der Waals surface area contributed by atoms with E-state index >= 15 is 0 Å². The van der Waals surface area contributed by atoms with Gasteiger partial charge < -0.3 is 10.6 Å². The molecular formula is C9H12N4O. The fourth-order valence-electron chi connectivity index (χ4n) is 1.47. The SMILES string of the molecule is CCCc1ncnc2c1NCC(=O)N2. The Labute approximate surface area is 82.0 Å². The van der Waals surface area contributed by atoms with E-state index in [1.807, 2.05) is 0 Å². The van der Waals surface area contributed by atoms with Gasteiger partial charge in [-0.2, -0.15) is 0 Å². The van der Waals surface area contributed by atoms with Gasteiger partial charge in [0.15, 0.2) is 5.82 Å². The van der Waals surface area contributed by atoms with Crippen LogP contribution in [0.25, 0.3) is 0 Å². The molecule has 0 radical (unpaired) electrons. The van der Waals surface area contributed by atoms with Gasteiger partial charge in [0.1, 0.15) is 6.33 Å². The fraction of sp³-hybridized carbons (Fsp3) is 0.444. The average Bonchev–Trinajstić information content (AvgIpc) is 2.18. The molecule has 1 aliphatic heterocycles. The van der Waals surface area contributed by atoms with E-state index in [4.69, 9.17) is 0 Å². The van der Waals surface area contributed by atoms with Crippen molar-refractivity contribution >= 4 is 17.4 Å². The molecule has 1 amide bonds. The Hall–Kier alpha value is -1.65. The van der Waals surface area contributed by atoms with Gasteiger partial charge in [-0.15, -0.1) is 0 Å². The van der Waals surface area contributed by atoms with Crippen LogP contribution in [-0.2, 0) is 11.2 Å². The van der Waals surface area contributed by atoms with E-state index in [0.29, 0.717) is 12.4 Å². The average molecular weight is 192 g/mol. The minimum atomic E-state index is -0.0568. The molecule has 1 aromatic heterocycles. The van der Waals surface area contributed by atoms with Gasteiger partial charge in [0.25, 0.3) is 0 Å². The van der Waals surface area contributed by atoms with Gasteiger partial charge >= 0.3 is 0 Å². The molecule has 5 nitrogen and oxygen atoms in total. The van der Waals surface area contributed by atoms with Crippen molar-refractivity contribution in [3.63, 3.8) is 0 Å². The Balaban J connectivity index is 2.36. The number of nitrogens with one attached hydrogen (secondary N) is 2. The highest BCUT2D eigenvalue weighted by molar-refractivity contribution is 5.99. The molecule has 1 aliphatic rings. The van der Waals surface area contributed by atoms with Gasteiger partial charge in [-0.25, -0.2) is 9.97 Å². The van der Waals surface area contributed by atoms with Crippen LogP contribution >= 0.6 is 0 Å². The van der Waals surface area contributed by atoms with Crippen LogP contribution in [0.1, 0.15) is 19.0 Å². The maximum atomic E-state index is 11.1. The van der Waals surface area contributed by atoms with Crippen LogP contribution in [0.15, 0.2) is 6.33 Å². The van der Waals surface area contributed by atoms with Gasteiger partial charge in [0, 0.05) is 0 Å². The number of hydrogen-bond acceptors (Lipinski definition) is 4. The first-order chi connectivity index (χ1) is 6.81. The molecule has 0 saturated heterocycles. The van der Waals surface area contributed by atoms with Crippen molar-refractivity contribution in [3.8, 4) is 0 Å². The van der Waals surface area contributed by atoms with Gasteiger partial charge in [0.2, 0.25) is 5.91 Å². The van der Waals surface area contributed by atoms with Gasteiger partial charge in [0.05, 0.1) is 17.9 Å². The number of aromatic nitrogens is 2. The smallest absolute Gasteiger partial charge is 0.244 e. The highest BCUT2D eigenvalue weighted by Crippen LogP contribution is 2.25. The lowest BCUT2D eigenvalue weighted by Gasteiger charge is -2.19. The first-order valence-electron chi connectivity index (χ1n) is 4.69. The van der Waals surface area contributed by atoms with E-state index in [9.17, 15) is 4.79 Å². The standard InChI is InChI=1S/C9H12N4O/c1-2-3-6-8-9(12-5-11-6)13-7(14)4-10-8/h5,10H,2-4H2,1H3,(H,11,12,13,14). The lowest BCUT2D eigenvalue weighted by atomic mass is 10.2. The highest BCUT2D eigenvalue weighted by Gasteiger charge is 2.18. The fourth-order valence-corrected chi connectivity index (χ4v) is 1.47. The first kappa shape index (κ1) is 8.93. The summed E-state index contributed by atoms with van der Waals surface area (Å²) in [5.41, 5.74) is 1.84. The highest BCUT2D eigenvalue weighted by atomic mass is 16.2. The van der Waals surface area contributed by atoms with Crippen molar-refractivity contribution in [2.24, 2.45) is 0 Å². The van der Waals surface area contributed by atoms with Crippen molar-refractivity contribution in [2.75, 3.05) is 17.2 Å². The van der Waals surface area contributed by atoms with Crippen LogP contribution in [-0.4, -0.2) is 22.4 Å². The Morgan fingerprint density at radius 3 is 3.14 bits per heavy atom. The number of amides is 1. The predicted molar refractivity (Wildman–Crippen MR) is 53.1 cm³/mol. The Morgan fingerprint density at radius 2 is 2.36 bits per heavy atom. The third-order valence-electron chi connectivity index (χ3n) is 2.10. The molecule has 2 N–H and O–H groups in total. The number of aryl methyl sites for hydroxylation is 1. The molecule has 74 valence electrons. The zero-order valence-electron chi connectivity index (χ0n) is 8.00. The van der Waals surface area contributed by atoms with E-state index in [0.717, 1.165) is 24.2 Å². The van der Waals surface area contributed by atoms with Crippen molar-refractivity contribution in [3.05, 3.63) is 12.0 Å². The number of anilines is 2. The van der Waals surface area contributed by atoms with Crippen LogP contribution < -0.4 is 10.6 Å². The van der Waals surface area contributed by atoms with E-state index in [-0.39, 0.29) is 5.91 Å². The van der Waals surface area contributed by atoms with Crippen LogP contribution in [0.4, 0.5) is 11.5 Å². The normalized spacial score (nSPS) is 14.2. The van der Waals surface area contributed by atoms with Crippen LogP contribution in [0, 0.1) is 0 Å². The maximum Gasteiger partial charge on any atom is 0.244 e. The molecular weight excluding hydrogens is 180 g/mol. The minimum Gasteiger partial charge on any atom is -0.372 e. The van der Waals surface area contributed by atoms with E-state index in [1.165, 1.54) is 6.33 Å². The second-order valence-electron chi connectivity index (χ2n) is 3.20. The molecule has 0 bridgehead atoms. The molecule has 5 heteroatoms. The molecule has 2 rings (SSSR count). The zero-order valence-corrected chi connectivity index (χ0v) is 8.00. The summed E-state index contributed by atoms with van der Waals surface area (Å²) < 4.78 is 0. The molecule has 0 atom stereocenters. The third kappa shape index (κ3) is 1.53. The van der Waals surface area contributed by atoms with Crippen molar-refractivity contribution in [1.29, 1.82) is 0 Å². The summed E-state index contributed by atoms with van der Waals surface area (Å²) in [6.07, 6.45) is 3.41. The van der Waals surface area contributed by atoms with Crippen molar-refractivity contribution in [1.82, 2.24) is 9.97 Å². The lowest BCUT2D eigenvalue weighted by Crippen LogP contribution is -2.29. The summed E-state index contributed by atoms with van der Waals surface area (Å²) in [6.45, 7) is 2.40. The van der Waals surface area contributed by atoms with E-state index < -0.39 is 0 Å². The third-order valence-corrected chi connectivity index (χ3v) is 2.10. The Bertz CT molecular complexity index is 364. The first-order valence-corrected chi connectivity index (χ1v) is 4.69. The summed E-state index contributed by atoms with van der Waals surface area (Å²) in [4.78, 5) is 19.2. The number of nitrogens with zero attached hydrogens (tertiary/aromatic N) is 2. The minimum absolute atomic E-state index is 0.0568. The number of carbonyl (C=O) groups excluding carboxylic acids is 1. The van der Waals surface area contributed by atoms with Gasteiger partial charge in [-0.1, -0.05) is 13.3 Å². The number of hydrogen-bond donors (Lipinski definition) is 2. The largest absolute Gasteiger partial charge is 0.372 e. The van der Waals surface area contributed by atoms with Gasteiger partial charge in [-0.3, -0.25) is 4.79 Å². The van der Waals surface area contributed by atoms with Crippen LogP contribution in [0.2, 0.25) is 0 Å². The molecule has 1 aromatic rings. The second kappa shape index (κ2) is 3.61. The second-order valence-corrected chi connectivity index (χ2v) is 3.20. The van der Waals surface area contributed by atoms with Crippen LogP contribution in [0.3, 0.4) is 0 Å².